The minimum absolute atomic E-state index is 0.257. The third-order valence-corrected chi connectivity index (χ3v) is 7.42. The lowest BCUT2D eigenvalue weighted by atomic mass is 9.69. The number of benzene rings is 3. The number of ether oxygens (including phenoxy) is 3. The van der Waals surface area contributed by atoms with E-state index in [9.17, 15) is 4.79 Å². The summed E-state index contributed by atoms with van der Waals surface area (Å²) in [6, 6.07) is 18.4. The molecule has 0 N–H and O–H groups in total. The van der Waals surface area contributed by atoms with Crippen LogP contribution in [0.4, 0.5) is 0 Å². The van der Waals surface area contributed by atoms with Crippen molar-refractivity contribution in [2.75, 3.05) is 14.2 Å². The maximum absolute atomic E-state index is 13.1. The molecule has 7 nitrogen and oxygen atoms in total. The number of methoxy groups -OCH3 is 2. The molecule has 38 heavy (non-hydrogen) atoms. The molecule has 1 aromatic heterocycles. The molecule has 0 aliphatic carbocycles. The van der Waals surface area contributed by atoms with Crippen molar-refractivity contribution in [1.82, 2.24) is 15.0 Å². The Kier molecular flexibility index (Phi) is 8.17. The Balaban J connectivity index is 1.70. The molecule has 4 rings (SSSR count). The molecule has 0 radical (unpaired) electrons. The van der Waals surface area contributed by atoms with Crippen LogP contribution in [0, 0.1) is 19.3 Å². The van der Waals surface area contributed by atoms with Gasteiger partial charge in [0.25, 0.3) is 0 Å². The smallest absolute Gasteiger partial charge is 0.312 e. The molecule has 0 fully saturated rings. The van der Waals surface area contributed by atoms with Crippen molar-refractivity contribution >= 4 is 17.0 Å². The van der Waals surface area contributed by atoms with Gasteiger partial charge in [0.05, 0.1) is 38.4 Å². The van der Waals surface area contributed by atoms with Crippen LogP contribution < -0.4 is 4.74 Å². The summed E-state index contributed by atoms with van der Waals surface area (Å²) in [7, 11) is 3.10. The molecule has 200 valence electrons. The van der Waals surface area contributed by atoms with Crippen LogP contribution in [0.3, 0.4) is 0 Å². The lowest BCUT2D eigenvalue weighted by molar-refractivity contribution is -0.151. The van der Waals surface area contributed by atoms with E-state index in [1.165, 1.54) is 7.11 Å². The van der Waals surface area contributed by atoms with E-state index in [0.29, 0.717) is 13.2 Å². The standard InChI is InChI=1S/C31H37N3O4/c1-8-34-27-16-15-26(21(3)29(27)32-33-34)28(31(4,5)30(35)37-7)23-12-9-20(2)24(17-23)19-38-18-22-10-13-25(36-6)14-11-22/h9-17,28H,8,18-19H2,1-7H3/t28-/m1/s1. The molecule has 1 heterocycles. The minimum Gasteiger partial charge on any atom is -0.497 e. The van der Waals surface area contributed by atoms with Gasteiger partial charge in [0.15, 0.2) is 0 Å². The number of fused-ring (bicyclic) bond motifs is 1. The van der Waals surface area contributed by atoms with Crippen molar-refractivity contribution in [3.05, 3.63) is 88.0 Å². The van der Waals surface area contributed by atoms with Crippen molar-refractivity contribution in [2.45, 2.75) is 60.3 Å². The molecule has 0 aliphatic heterocycles. The van der Waals surface area contributed by atoms with E-state index in [2.05, 4.69) is 54.5 Å². The number of rotatable bonds is 10. The van der Waals surface area contributed by atoms with Crippen molar-refractivity contribution in [3.63, 3.8) is 0 Å². The Morgan fingerprint density at radius 3 is 2.39 bits per heavy atom. The Morgan fingerprint density at radius 1 is 1.00 bits per heavy atom. The molecular formula is C31H37N3O4. The summed E-state index contributed by atoms with van der Waals surface area (Å²) in [6.45, 7) is 11.8. The Morgan fingerprint density at radius 2 is 1.74 bits per heavy atom. The van der Waals surface area contributed by atoms with Crippen LogP contribution in [0.5, 0.6) is 5.75 Å². The van der Waals surface area contributed by atoms with Crippen LogP contribution in [0.15, 0.2) is 54.6 Å². The second kappa shape index (κ2) is 11.4. The summed E-state index contributed by atoms with van der Waals surface area (Å²) in [5.41, 5.74) is 7.38. The van der Waals surface area contributed by atoms with Gasteiger partial charge in [-0.1, -0.05) is 41.6 Å². The summed E-state index contributed by atoms with van der Waals surface area (Å²) in [6.07, 6.45) is 0. The van der Waals surface area contributed by atoms with Crippen molar-refractivity contribution in [1.29, 1.82) is 0 Å². The molecule has 0 unspecified atom stereocenters. The summed E-state index contributed by atoms with van der Waals surface area (Å²) >= 11 is 0. The number of hydrogen-bond donors (Lipinski definition) is 0. The number of carbonyl (C=O) groups is 1. The van der Waals surface area contributed by atoms with Crippen LogP contribution >= 0.6 is 0 Å². The van der Waals surface area contributed by atoms with Gasteiger partial charge in [0.2, 0.25) is 0 Å². The summed E-state index contributed by atoms with van der Waals surface area (Å²) in [5.74, 6) is 0.298. The van der Waals surface area contributed by atoms with Gasteiger partial charge in [0.1, 0.15) is 11.3 Å². The van der Waals surface area contributed by atoms with Gasteiger partial charge in [0, 0.05) is 12.5 Å². The Bertz CT molecular complexity index is 1420. The van der Waals surface area contributed by atoms with E-state index in [4.69, 9.17) is 14.2 Å². The molecule has 3 aromatic carbocycles. The zero-order valence-corrected chi connectivity index (χ0v) is 23.4. The second-order valence-electron chi connectivity index (χ2n) is 10.2. The number of hydrogen-bond acceptors (Lipinski definition) is 6. The maximum atomic E-state index is 13.1. The molecule has 0 spiro atoms. The molecule has 1 atom stereocenters. The van der Waals surface area contributed by atoms with Gasteiger partial charge in [-0.2, -0.15) is 0 Å². The van der Waals surface area contributed by atoms with Crippen molar-refractivity contribution in [3.8, 4) is 5.75 Å². The maximum Gasteiger partial charge on any atom is 0.312 e. The largest absolute Gasteiger partial charge is 0.497 e. The van der Waals surface area contributed by atoms with Crippen LogP contribution in [0.2, 0.25) is 0 Å². The predicted octanol–water partition coefficient (Wildman–Crippen LogP) is 6.12. The Hall–Kier alpha value is -3.71. The summed E-state index contributed by atoms with van der Waals surface area (Å²) < 4.78 is 18.5. The predicted molar refractivity (Wildman–Crippen MR) is 148 cm³/mol. The average molecular weight is 516 g/mol. The summed E-state index contributed by atoms with van der Waals surface area (Å²) in [5, 5.41) is 8.76. The van der Waals surface area contributed by atoms with Gasteiger partial charge < -0.3 is 14.2 Å². The highest BCUT2D eigenvalue weighted by Gasteiger charge is 2.41. The number of aryl methyl sites for hydroxylation is 3. The molecule has 4 aromatic rings. The molecule has 0 aliphatic rings. The second-order valence-corrected chi connectivity index (χ2v) is 10.2. The fourth-order valence-corrected chi connectivity index (χ4v) is 5.12. The topological polar surface area (TPSA) is 75.5 Å². The molecule has 0 amide bonds. The van der Waals surface area contributed by atoms with Gasteiger partial charge >= 0.3 is 5.97 Å². The minimum atomic E-state index is -0.829. The highest BCUT2D eigenvalue weighted by molar-refractivity contribution is 5.82. The first-order valence-electron chi connectivity index (χ1n) is 12.9. The first-order valence-corrected chi connectivity index (χ1v) is 12.9. The molecular weight excluding hydrogens is 478 g/mol. The van der Waals surface area contributed by atoms with Gasteiger partial charge in [-0.3, -0.25) is 4.79 Å². The zero-order valence-electron chi connectivity index (χ0n) is 23.4. The quantitative estimate of drug-likeness (QED) is 0.237. The molecule has 0 saturated heterocycles. The van der Waals surface area contributed by atoms with Crippen LogP contribution in [0.25, 0.3) is 11.0 Å². The zero-order chi connectivity index (χ0) is 27.4. The number of carbonyl (C=O) groups excluding carboxylic acids is 1. The van der Waals surface area contributed by atoms with Gasteiger partial charge in [-0.05, 0) is 86.2 Å². The van der Waals surface area contributed by atoms with E-state index in [1.807, 2.05) is 49.7 Å². The highest BCUT2D eigenvalue weighted by Crippen LogP contribution is 2.44. The van der Waals surface area contributed by atoms with E-state index in [1.54, 1.807) is 7.11 Å². The van der Waals surface area contributed by atoms with E-state index in [0.717, 1.165) is 56.7 Å². The normalized spacial score (nSPS) is 12.5. The Labute approximate surface area is 224 Å². The van der Waals surface area contributed by atoms with E-state index >= 15 is 0 Å². The van der Waals surface area contributed by atoms with Crippen LogP contribution in [0.1, 0.15) is 60.1 Å². The lowest BCUT2D eigenvalue weighted by Gasteiger charge is -2.34. The number of esters is 1. The number of nitrogens with zero attached hydrogens (tertiary/aromatic N) is 3. The van der Waals surface area contributed by atoms with Crippen LogP contribution in [-0.4, -0.2) is 35.2 Å². The molecule has 0 bridgehead atoms. The fraction of sp³-hybridized carbons (Fsp3) is 0.387. The van der Waals surface area contributed by atoms with Crippen molar-refractivity contribution in [2.24, 2.45) is 5.41 Å². The fourth-order valence-electron chi connectivity index (χ4n) is 5.12. The third kappa shape index (κ3) is 5.29. The van der Waals surface area contributed by atoms with Gasteiger partial charge in [-0.25, -0.2) is 4.68 Å². The highest BCUT2D eigenvalue weighted by atomic mass is 16.5. The molecule has 7 heteroatoms. The van der Waals surface area contributed by atoms with Crippen molar-refractivity contribution < 1.29 is 19.0 Å². The van der Waals surface area contributed by atoms with E-state index in [-0.39, 0.29) is 11.9 Å². The number of aromatic nitrogens is 3. The monoisotopic (exact) mass is 515 g/mol. The first kappa shape index (κ1) is 27.3. The molecule has 0 saturated carbocycles. The summed E-state index contributed by atoms with van der Waals surface area (Å²) in [4.78, 5) is 13.1. The lowest BCUT2D eigenvalue weighted by Crippen LogP contribution is -2.34. The van der Waals surface area contributed by atoms with E-state index < -0.39 is 5.41 Å². The first-order chi connectivity index (χ1) is 18.2. The van der Waals surface area contributed by atoms with Crippen LogP contribution in [-0.2, 0) is 34.0 Å². The SMILES string of the molecule is CCn1nnc2c(C)c([C@@H](c3ccc(C)c(COCc4ccc(OC)cc4)c3)C(C)(C)C(=O)OC)ccc21. The average Bonchev–Trinajstić information content (AvgIpc) is 3.35. The van der Waals surface area contributed by atoms with Gasteiger partial charge in [-0.15, -0.1) is 5.10 Å². The third-order valence-electron chi connectivity index (χ3n) is 7.42.